The van der Waals surface area contributed by atoms with Gasteiger partial charge in [-0.1, -0.05) is 31.4 Å². The van der Waals surface area contributed by atoms with Crippen LogP contribution in [0.4, 0.5) is 0 Å². The van der Waals surface area contributed by atoms with Crippen LogP contribution in [0.2, 0.25) is 0 Å². The summed E-state index contributed by atoms with van der Waals surface area (Å²) in [6.45, 7) is 1.37. The van der Waals surface area contributed by atoms with E-state index in [0.717, 1.165) is 60.6 Å². The summed E-state index contributed by atoms with van der Waals surface area (Å²) in [6.07, 6.45) is 7.98. The maximum Gasteiger partial charge on any atom is 0.254 e. The van der Waals surface area contributed by atoms with Gasteiger partial charge in [0.15, 0.2) is 22.9 Å². The summed E-state index contributed by atoms with van der Waals surface area (Å²) in [7, 11) is 0. The van der Waals surface area contributed by atoms with E-state index < -0.39 is 0 Å². The molecule has 3 heterocycles. The van der Waals surface area contributed by atoms with Crippen molar-refractivity contribution in [1.29, 1.82) is 0 Å². The largest absolute Gasteiger partial charge is 0.440 e. The maximum absolute atomic E-state index is 13.3. The van der Waals surface area contributed by atoms with E-state index in [1.165, 1.54) is 19.3 Å². The number of benzene rings is 2. The third-order valence-corrected chi connectivity index (χ3v) is 6.97. The fourth-order valence-electron chi connectivity index (χ4n) is 5.21. The fraction of sp³-hybridized carbons (Fsp3) is 0.423. The standard InChI is InChI=1S/C26H27N3O3/c30-26(18-12-13-21-23(15-18)32-24(28-21)17-7-2-1-3-8-17)29-14-6-9-19(16-29)25-27-20-10-4-5-11-22(20)31-25/h4-5,10-13,15,17,19H,1-3,6-9,14,16H2/t19-/m1/s1. The maximum atomic E-state index is 13.3. The molecular formula is C26H27N3O3. The summed E-state index contributed by atoms with van der Waals surface area (Å²) in [5.41, 5.74) is 3.88. The van der Waals surface area contributed by atoms with Crippen molar-refractivity contribution >= 4 is 28.1 Å². The molecule has 32 heavy (non-hydrogen) atoms. The van der Waals surface area contributed by atoms with Gasteiger partial charge >= 0.3 is 0 Å². The van der Waals surface area contributed by atoms with Gasteiger partial charge in [0, 0.05) is 24.6 Å². The molecule has 0 N–H and O–H groups in total. The molecule has 4 aromatic rings. The normalized spacial score (nSPS) is 20.2. The van der Waals surface area contributed by atoms with Crippen molar-refractivity contribution in [3.05, 3.63) is 59.8 Å². The molecule has 1 aliphatic carbocycles. The third-order valence-electron chi connectivity index (χ3n) is 6.97. The zero-order valence-electron chi connectivity index (χ0n) is 18.1. The molecule has 6 heteroatoms. The van der Waals surface area contributed by atoms with Crippen molar-refractivity contribution < 1.29 is 13.6 Å². The lowest BCUT2D eigenvalue weighted by Gasteiger charge is -2.31. The molecule has 6 nitrogen and oxygen atoms in total. The molecule has 1 aliphatic heterocycles. The molecule has 1 saturated carbocycles. The predicted molar refractivity (Wildman–Crippen MR) is 122 cm³/mol. The molecule has 2 aromatic carbocycles. The van der Waals surface area contributed by atoms with Crippen LogP contribution in [0.25, 0.3) is 22.2 Å². The van der Waals surface area contributed by atoms with Crippen LogP contribution in [0.3, 0.4) is 0 Å². The summed E-state index contributed by atoms with van der Waals surface area (Å²) in [6, 6.07) is 13.5. The van der Waals surface area contributed by atoms with Crippen molar-refractivity contribution in [2.45, 2.75) is 56.8 Å². The summed E-state index contributed by atoms with van der Waals surface area (Å²) in [5, 5.41) is 0. The van der Waals surface area contributed by atoms with E-state index in [4.69, 9.17) is 13.8 Å². The van der Waals surface area contributed by atoms with Crippen molar-refractivity contribution in [3.63, 3.8) is 0 Å². The van der Waals surface area contributed by atoms with Crippen LogP contribution in [0, 0.1) is 0 Å². The van der Waals surface area contributed by atoms with E-state index in [1.807, 2.05) is 47.4 Å². The lowest BCUT2D eigenvalue weighted by atomic mass is 9.89. The van der Waals surface area contributed by atoms with Gasteiger partial charge in [-0.2, -0.15) is 0 Å². The van der Waals surface area contributed by atoms with Crippen LogP contribution >= 0.6 is 0 Å². The highest BCUT2D eigenvalue weighted by atomic mass is 16.4. The smallest absolute Gasteiger partial charge is 0.254 e. The number of amides is 1. The van der Waals surface area contributed by atoms with E-state index in [1.54, 1.807) is 0 Å². The van der Waals surface area contributed by atoms with Crippen molar-refractivity contribution in [2.75, 3.05) is 13.1 Å². The molecule has 1 saturated heterocycles. The highest BCUT2D eigenvalue weighted by Crippen LogP contribution is 2.34. The number of piperidine rings is 1. The molecule has 1 amide bonds. The number of rotatable bonds is 3. The third kappa shape index (κ3) is 3.57. The van der Waals surface area contributed by atoms with E-state index in [0.29, 0.717) is 23.6 Å². The second-order valence-electron chi connectivity index (χ2n) is 9.18. The highest BCUT2D eigenvalue weighted by Gasteiger charge is 2.29. The van der Waals surface area contributed by atoms with Gasteiger partial charge in [-0.05, 0) is 56.0 Å². The molecule has 0 spiro atoms. The minimum absolute atomic E-state index is 0.0309. The van der Waals surface area contributed by atoms with Crippen LogP contribution in [0.15, 0.2) is 51.3 Å². The second kappa shape index (κ2) is 8.08. The topological polar surface area (TPSA) is 72.4 Å². The van der Waals surface area contributed by atoms with E-state index >= 15 is 0 Å². The van der Waals surface area contributed by atoms with E-state index in [9.17, 15) is 4.79 Å². The lowest BCUT2D eigenvalue weighted by Crippen LogP contribution is -2.39. The molecule has 2 fully saturated rings. The van der Waals surface area contributed by atoms with Gasteiger partial charge in [-0.3, -0.25) is 4.79 Å². The predicted octanol–water partition coefficient (Wildman–Crippen LogP) is 6.04. The number of aromatic nitrogens is 2. The Morgan fingerprint density at radius 2 is 1.53 bits per heavy atom. The van der Waals surface area contributed by atoms with Gasteiger partial charge in [-0.25, -0.2) is 9.97 Å². The first kappa shape index (κ1) is 19.5. The Morgan fingerprint density at radius 3 is 2.38 bits per heavy atom. The highest BCUT2D eigenvalue weighted by molar-refractivity contribution is 5.97. The summed E-state index contributed by atoms with van der Waals surface area (Å²) >= 11 is 0. The number of oxazole rings is 2. The first-order valence-electron chi connectivity index (χ1n) is 11.8. The Kier molecular flexibility index (Phi) is 4.93. The van der Waals surface area contributed by atoms with Gasteiger partial charge in [0.2, 0.25) is 0 Å². The molecule has 2 aliphatic rings. The van der Waals surface area contributed by atoms with Crippen molar-refractivity contribution in [1.82, 2.24) is 14.9 Å². The summed E-state index contributed by atoms with van der Waals surface area (Å²) in [4.78, 5) is 24.6. The number of likely N-dealkylation sites (tertiary alicyclic amines) is 1. The average molecular weight is 430 g/mol. The Morgan fingerprint density at radius 1 is 0.812 bits per heavy atom. The fourth-order valence-corrected chi connectivity index (χ4v) is 5.21. The number of carbonyl (C=O) groups is 1. The van der Waals surface area contributed by atoms with Crippen LogP contribution in [0.5, 0.6) is 0 Å². The minimum Gasteiger partial charge on any atom is -0.440 e. The Labute approximate surface area is 186 Å². The van der Waals surface area contributed by atoms with Gasteiger partial charge in [0.25, 0.3) is 5.91 Å². The van der Waals surface area contributed by atoms with Crippen molar-refractivity contribution in [2.24, 2.45) is 0 Å². The molecule has 6 rings (SSSR count). The quantitative estimate of drug-likeness (QED) is 0.397. The van der Waals surface area contributed by atoms with Crippen LogP contribution in [0.1, 0.15) is 78.9 Å². The number of carbonyl (C=O) groups excluding carboxylic acids is 1. The number of hydrogen-bond donors (Lipinski definition) is 0. The van der Waals surface area contributed by atoms with Crippen LogP contribution in [-0.2, 0) is 0 Å². The molecule has 2 aromatic heterocycles. The van der Waals surface area contributed by atoms with Gasteiger partial charge in [0.05, 0.1) is 5.92 Å². The van der Waals surface area contributed by atoms with E-state index in [2.05, 4.69) is 4.98 Å². The number of fused-ring (bicyclic) bond motifs is 2. The Balaban J connectivity index is 1.22. The van der Waals surface area contributed by atoms with Gasteiger partial charge < -0.3 is 13.7 Å². The number of nitrogens with zero attached hydrogens (tertiary/aromatic N) is 3. The van der Waals surface area contributed by atoms with Gasteiger partial charge in [0.1, 0.15) is 11.0 Å². The molecular weight excluding hydrogens is 402 g/mol. The molecule has 164 valence electrons. The first-order valence-corrected chi connectivity index (χ1v) is 11.8. The van der Waals surface area contributed by atoms with Crippen molar-refractivity contribution in [3.8, 4) is 0 Å². The summed E-state index contributed by atoms with van der Waals surface area (Å²) < 4.78 is 12.1. The Hall–Kier alpha value is -3.15. The zero-order valence-corrected chi connectivity index (χ0v) is 18.1. The SMILES string of the molecule is O=C(c1ccc2nc(C3CCCCC3)oc2c1)N1CCC[C@@H](c2nc3ccccc3o2)C1. The zero-order chi connectivity index (χ0) is 21.5. The average Bonchev–Trinajstić information content (AvgIpc) is 3.48. The minimum atomic E-state index is 0.0309. The van der Waals surface area contributed by atoms with Gasteiger partial charge in [-0.15, -0.1) is 0 Å². The number of para-hydroxylation sites is 2. The van der Waals surface area contributed by atoms with E-state index in [-0.39, 0.29) is 11.8 Å². The molecule has 0 unspecified atom stereocenters. The summed E-state index contributed by atoms with van der Waals surface area (Å²) in [5.74, 6) is 2.12. The van der Waals surface area contributed by atoms with Crippen LogP contribution in [-0.4, -0.2) is 33.9 Å². The second-order valence-corrected chi connectivity index (χ2v) is 9.18. The molecule has 1 atom stereocenters. The molecule has 0 radical (unpaired) electrons. The monoisotopic (exact) mass is 429 g/mol. The molecule has 0 bridgehead atoms. The number of hydrogen-bond acceptors (Lipinski definition) is 5. The first-order chi connectivity index (χ1) is 15.7. The lowest BCUT2D eigenvalue weighted by molar-refractivity contribution is 0.0699. The Bertz CT molecular complexity index is 1230. The van der Waals surface area contributed by atoms with Crippen LogP contribution < -0.4 is 0 Å².